The number of aryl methyl sites for hydroxylation is 1. The molecule has 0 bridgehead atoms. The number of alkyl halides is 3. The molecular weight excluding hydrogens is 595 g/mol. The molecule has 1 aromatic carbocycles. The molecule has 0 amide bonds. The summed E-state index contributed by atoms with van der Waals surface area (Å²) >= 11 is 0. The molecule has 2 saturated heterocycles. The number of benzene rings is 1. The standard InChI is InChI=1S/C26H30F3N7O6S/c1-15-10-18(14-42-15)23(37)36-25(31-12-17-6-4-16(11-30)5-7-17)32-22(33-36)20-19(26(27,28)29)13-35(21(20)24(38)39)43(40,41)34-8-2-3-9-34/h4-7,10,14,19-21H,2-3,8-9,11-13,30H2,1H3,(H,38,39)(H,31,32,33). The monoisotopic (exact) mass is 625 g/mol. The number of nitrogens with zero attached hydrogens (tertiary/aromatic N) is 5. The lowest BCUT2D eigenvalue weighted by Gasteiger charge is -2.27. The average Bonchev–Trinajstić information content (AvgIpc) is 3.76. The molecule has 2 aliphatic heterocycles. The highest BCUT2D eigenvalue weighted by atomic mass is 32.2. The molecule has 0 radical (unpaired) electrons. The fraction of sp³-hybridized carbons (Fsp3) is 0.462. The van der Waals surface area contributed by atoms with Crippen molar-refractivity contribution < 1.29 is 40.7 Å². The van der Waals surface area contributed by atoms with E-state index in [1.165, 1.54) is 6.07 Å². The van der Waals surface area contributed by atoms with Crippen LogP contribution in [0.15, 0.2) is 41.0 Å². The Balaban J connectivity index is 1.57. The molecule has 3 atom stereocenters. The summed E-state index contributed by atoms with van der Waals surface area (Å²) in [4.78, 5) is 30.1. The Labute approximate surface area is 244 Å². The summed E-state index contributed by atoms with van der Waals surface area (Å²) in [6, 6.07) is 6.32. The fourth-order valence-electron chi connectivity index (χ4n) is 5.41. The Bertz CT molecular complexity index is 1600. The Kier molecular flexibility index (Phi) is 8.34. The van der Waals surface area contributed by atoms with E-state index in [2.05, 4.69) is 15.4 Å². The lowest BCUT2D eigenvalue weighted by atomic mass is 9.89. The number of furan rings is 1. The molecule has 4 heterocycles. The molecule has 232 valence electrons. The third-order valence-corrected chi connectivity index (χ3v) is 9.61. The molecular formula is C26H30F3N7O6S. The average molecular weight is 626 g/mol. The van der Waals surface area contributed by atoms with Crippen LogP contribution >= 0.6 is 0 Å². The van der Waals surface area contributed by atoms with Crippen molar-refractivity contribution in [2.45, 2.75) is 51.0 Å². The fourth-order valence-corrected chi connectivity index (χ4v) is 7.28. The van der Waals surface area contributed by atoms with Gasteiger partial charge in [0.1, 0.15) is 18.1 Å². The van der Waals surface area contributed by atoms with Gasteiger partial charge in [-0.25, -0.2) is 0 Å². The van der Waals surface area contributed by atoms with E-state index in [1.807, 2.05) is 0 Å². The van der Waals surface area contributed by atoms with Gasteiger partial charge in [0.2, 0.25) is 5.95 Å². The number of carboxylic acid groups (broad SMARTS) is 1. The normalized spacial score (nSPS) is 21.8. The molecule has 17 heteroatoms. The van der Waals surface area contributed by atoms with Crippen LogP contribution in [0.1, 0.15) is 51.8 Å². The predicted molar refractivity (Wildman–Crippen MR) is 145 cm³/mol. The first kappa shape index (κ1) is 30.7. The van der Waals surface area contributed by atoms with E-state index in [1.54, 1.807) is 31.2 Å². The van der Waals surface area contributed by atoms with Gasteiger partial charge >= 0.3 is 12.1 Å². The van der Waals surface area contributed by atoms with Crippen molar-refractivity contribution in [1.82, 2.24) is 23.4 Å². The molecule has 13 nitrogen and oxygen atoms in total. The number of carbonyl (C=O) groups excluding carboxylic acids is 1. The third kappa shape index (κ3) is 6.02. The maximum Gasteiger partial charge on any atom is 0.393 e. The van der Waals surface area contributed by atoms with Crippen molar-refractivity contribution in [2.75, 3.05) is 25.0 Å². The van der Waals surface area contributed by atoms with Gasteiger partial charge < -0.3 is 20.6 Å². The van der Waals surface area contributed by atoms with Gasteiger partial charge in [-0.2, -0.15) is 39.9 Å². The minimum Gasteiger partial charge on any atom is -0.480 e. The van der Waals surface area contributed by atoms with Gasteiger partial charge in [-0.3, -0.25) is 9.59 Å². The summed E-state index contributed by atoms with van der Waals surface area (Å²) in [6.07, 6.45) is -2.86. The van der Waals surface area contributed by atoms with E-state index in [9.17, 15) is 36.3 Å². The van der Waals surface area contributed by atoms with Gasteiger partial charge in [0.15, 0.2) is 5.82 Å². The molecule has 2 fully saturated rings. The van der Waals surface area contributed by atoms with Crippen molar-refractivity contribution in [2.24, 2.45) is 11.7 Å². The highest BCUT2D eigenvalue weighted by Crippen LogP contribution is 2.47. The Morgan fingerprint density at radius 3 is 2.37 bits per heavy atom. The molecule has 43 heavy (non-hydrogen) atoms. The smallest absolute Gasteiger partial charge is 0.393 e. The first-order chi connectivity index (χ1) is 20.3. The van der Waals surface area contributed by atoms with Crippen molar-refractivity contribution in [3.05, 3.63) is 64.9 Å². The first-order valence-corrected chi connectivity index (χ1v) is 14.9. The second kappa shape index (κ2) is 11.7. The van der Waals surface area contributed by atoms with Crippen LogP contribution in [0.4, 0.5) is 19.1 Å². The minimum atomic E-state index is -5.01. The van der Waals surface area contributed by atoms with Crippen molar-refractivity contribution in [1.29, 1.82) is 0 Å². The van der Waals surface area contributed by atoms with E-state index in [4.69, 9.17) is 10.2 Å². The van der Waals surface area contributed by atoms with Crippen LogP contribution in [0.3, 0.4) is 0 Å². The Morgan fingerprint density at radius 1 is 1.16 bits per heavy atom. The maximum absolute atomic E-state index is 14.4. The lowest BCUT2D eigenvalue weighted by Crippen LogP contribution is -2.48. The van der Waals surface area contributed by atoms with Crippen molar-refractivity contribution >= 4 is 28.0 Å². The number of aliphatic carboxylic acids is 1. The molecule has 3 aromatic rings. The summed E-state index contributed by atoms with van der Waals surface area (Å²) in [5.74, 6) is -7.59. The van der Waals surface area contributed by atoms with Crippen LogP contribution in [0.25, 0.3) is 0 Å². The number of hydrogen-bond donors (Lipinski definition) is 3. The topological polar surface area (TPSA) is 177 Å². The molecule has 2 aromatic heterocycles. The Morgan fingerprint density at radius 2 is 1.81 bits per heavy atom. The van der Waals surface area contributed by atoms with Gasteiger partial charge in [-0.05, 0) is 37.0 Å². The molecule has 5 rings (SSSR count). The zero-order valence-electron chi connectivity index (χ0n) is 23.0. The van der Waals surface area contributed by atoms with E-state index in [0.717, 1.165) is 26.4 Å². The van der Waals surface area contributed by atoms with Crippen LogP contribution in [-0.2, 0) is 28.1 Å². The second-order valence-corrected chi connectivity index (χ2v) is 12.4. The largest absolute Gasteiger partial charge is 0.480 e. The van der Waals surface area contributed by atoms with Gasteiger partial charge in [0.25, 0.3) is 16.1 Å². The van der Waals surface area contributed by atoms with E-state index < -0.39 is 58.5 Å². The number of carbonyl (C=O) groups is 2. The summed E-state index contributed by atoms with van der Waals surface area (Å²) in [5, 5.41) is 17.1. The van der Waals surface area contributed by atoms with Crippen LogP contribution in [0, 0.1) is 12.8 Å². The summed E-state index contributed by atoms with van der Waals surface area (Å²) < 4.78 is 77.3. The zero-order chi connectivity index (χ0) is 31.1. The number of nitrogens with one attached hydrogen (secondary N) is 1. The third-order valence-electron chi connectivity index (χ3n) is 7.62. The van der Waals surface area contributed by atoms with E-state index in [-0.39, 0.29) is 31.1 Å². The summed E-state index contributed by atoms with van der Waals surface area (Å²) in [6.45, 7) is 0.986. The van der Waals surface area contributed by atoms with E-state index >= 15 is 0 Å². The summed E-state index contributed by atoms with van der Waals surface area (Å²) in [5.41, 5.74) is 7.25. The highest BCUT2D eigenvalue weighted by Gasteiger charge is 2.62. The van der Waals surface area contributed by atoms with Gasteiger partial charge in [-0.1, -0.05) is 24.3 Å². The van der Waals surface area contributed by atoms with Crippen LogP contribution < -0.4 is 11.1 Å². The SMILES string of the molecule is Cc1cc(C(=O)n2nc(C3C(C(=O)O)N(S(=O)(=O)N4CCCC4)CC3C(F)(F)F)nc2NCc2ccc(CN)cc2)co1. The highest BCUT2D eigenvalue weighted by molar-refractivity contribution is 7.86. The predicted octanol–water partition coefficient (Wildman–Crippen LogP) is 2.31. The number of rotatable bonds is 9. The quantitative estimate of drug-likeness (QED) is 0.320. The number of hydrogen-bond acceptors (Lipinski definition) is 9. The first-order valence-electron chi connectivity index (χ1n) is 13.5. The van der Waals surface area contributed by atoms with E-state index in [0.29, 0.717) is 29.5 Å². The van der Waals surface area contributed by atoms with Crippen LogP contribution in [0.5, 0.6) is 0 Å². The minimum absolute atomic E-state index is 0.0242. The number of carboxylic acids is 1. The van der Waals surface area contributed by atoms with Gasteiger partial charge in [-0.15, -0.1) is 5.10 Å². The molecule has 4 N–H and O–H groups in total. The van der Waals surface area contributed by atoms with Crippen LogP contribution in [-0.4, -0.2) is 80.6 Å². The maximum atomic E-state index is 14.4. The van der Waals surface area contributed by atoms with Gasteiger partial charge in [0, 0.05) is 32.7 Å². The Hall–Kier alpha value is -3.80. The van der Waals surface area contributed by atoms with Crippen molar-refractivity contribution in [3.63, 3.8) is 0 Å². The molecule has 0 aliphatic carbocycles. The zero-order valence-corrected chi connectivity index (χ0v) is 23.8. The summed E-state index contributed by atoms with van der Waals surface area (Å²) in [7, 11) is -4.56. The number of halogens is 3. The number of nitrogens with two attached hydrogens (primary N) is 1. The van der Waals surface area contributed by atoms with Gasteiger partial charge in [0.05, 0.1) is 17.4 Å². The number of anilines is 1. The number of aromatic nitrogens is 3. The lowest BCUT2D eigenvalue weighted by molar-refractivity contribution is -0.174. The van der Waals surface area contributed by atoms with Crippen molar-refractivity contribution in [3.8, 4) is 0 Å². The molecule has 0 spiro atoms. The molecule has 0 saturated carbocycles. The molecule has 2 aliphatic rings. The molecule has 3 unspecified atom stereocenters. The second-order valence-electron chi connectivity index (χ2n) is 10.5. The van der Waals surface area contributed by atoms with Crippen LogP contribution in [0.2, 0.25) is 0 Å².